The average molecular weight is 345 g/mol. The molecule has 1 N–H and O–H groups in total. The van der Waals surface area contributed by atoms with Crippen LogP contribution in [0.15, 0.2) is 64.5 Å². The molecule has 0 radical (unpaired) electrons. The molecule has 0 aliphatic heterocycles. The molecule has 0 unspecified atom stereocenters. The maximum atomic E-state index is 12.5. The Morgan fingerprint density at radius 1 is 1.25 bits per heavy atom. The lowest BCUT2D eigenvalue weighted by atomic mass is 10.2. The number of hydrogen-bond acceptors (Lipinski definition) is 5. The molecule has 3 aromatic rings. The third kappa shape index (κ3) is 3.23. The molecule has 24 heavy (non-hydrogen) atoms. The first-order valence-electron chi connectivity index (χ1n) is 7.13. The number of aryl methyl sites for hydroxylation is 1. The monoisotopic (exact) mass is 345 g/mol. The third-order valence-electron chi connectivity index (χ3n) is 3.41. The van der Waals surface area contributed by atoms with E-state index >= 15 is 0 Å². The third-order valence-corrected chi connectivity index (χ3v) is 5.06. The largest absolute Gasteiger partial charge is 0.447 e. The Bertz CT molecular complexity index is 942. The molecule has 0 spiro atoms. The number of rotatable bonds is 5. The molecule has 0 saturated heterocycles. The van der Waals surface area contributed by atoms with Crippen LogP contribution < -0.4 is 5.32 Å². The van der Waals surface area contributed by atoms with Crippen molar-refractivity contribution >= 4 is 15.9 Å². The number of nitrogens with zero attached hydrogens (tertiary/aromatic N) is 2. The molecule has 2 heterocycles. The molecule has 0 aliphatic carbocycles. The number of carbonyl (C=O) groups excluding carboxylic acids is 1. The van der Waals surface area contributed by atoms with Gasteiger partial charge in [0, 0.05) is 12.4 Å². The lowest BCUT2D eigenvalue weighted by Crippen LogP contribution is -2.22. The van der Waals surface area contributed by atoms with Gasteiger partial charge in [-0.05, 0) is 25.1 Å². The Kier molecular flexibility index (Phi) is 4.22. The highest BCUT2D eigenvalue weighted by Crippen LogP contribution is 2.16. The van der Waals surface area contributed by atoms with E-state index in [1.807, 2.05) is 6.92 Å². The second-order valence-corrected chi connectivity index (χ2v) is 7.00. The van der Waals surface area contributed by atoms with Crippen molar-refractivity contribution in [3.63, 3.8) is 0 Å². The van der Waals surface area contributed by atoms with Crippen molar-refractivity contribution in [2.45, 2.75) is 18.4 Å². The zero-order chi connectivity index (χ0) is 17.2. The average Bonchev–Trinajstić information content (AvgIpc) is 3.25. The van der Waals surface area contributed by atoms with E-state index in [1.54, 1.807) is 12.1 Å². The number of carbonyl (C=O) groups is 1. The van der Waals surface area contributed by atoms with Crippen molar-refractivity contribution in [2.75, 3.05) is 0 Å². The van der Waals surface area contributed by atoms with Gasteiger partial charge in [-0.15, -0.1) is 0 Å². The molecule has 1 aromatic carbocycles. The van der Waals surface area contributed by atoms with Crippen LogP contribution in [-0.4, -0.2) is 23.3 Å². The Hall–Kier alpha value is -2.87. The van der Waals surface area contributed by atoms with Crippen molar-refractivity contribution in [1.82, 2.24) is 14.3 Å². The van der Waals surface area contributed by atoms with Gasteiger partial charge in [-0.2, -0.15) is 0 Å². The van der Waals surface area contributed by atoms with Crippen molar-refractivity contribution in [2.24, 2.45) is 0 Å². The van der Waals surface area contributed by atoms with E-state index < -0.39 is 15.9 Å². The first kappa shape index (κ1) is 16.0. The van der Waals surface area contributed by atoms with Crippen LogP contribution in [0, 0.1) is 6.92 Å². The molecule has 7 nitrogen and oxygen atoms in total. The Labute approximate surface area is 139 Å². The van der Waals surface area contributed by atoms with Crippen molar-refractivity contribution in [3.8, 4) is 0 Å². The lowest BCUT2D eigenvalue weighted by Gasteiger charge is -2.06. The lowest BCUT2D eigenvalue weighted by molar-refractivity contribution is 0.0947. The van der Waals surface area contributed by atoms with Crippen LogP contribution in [0.5, 0.6) is 0 Å². The maximum Gasteiger partial charge on any atom is 0.267 e. The second kappa shape index (κ2) is 6.32. The van der Waals surface area contributed by atoms with E-state index in [-0.39, 0.29) is 17.0 Å². The van der Waals surface area contributed by atoms with Crippen LogP contribution in [0.4, 0.5) is 0 Å². The van der Waals surface area contributed by atoms with Crippen LogP contribution in [0.1, 0.15) is 21.8 Å². The van der Waals surface area contributed by atoms with Gasteiger partial charge in [-0.3, -0.25) is 4.79 Å². The molecular weight excluding hydrogens is 330 g/mol. The number of benzene rings is 1. The fourth-order valence-electron chi connectivity index (χ4n) is 2.09. The molecule has 0 bridgehead atoms. The number of amides is 1. The Balaban J connectivity index is 1.77. The van der Waals surface area contributed by atoms with Crippen LogP contribution in [0.3, 0.4) is 0 Å². The van der Waals surface area contributed by atoms with Gasteiger partial charge < -0.3 is 9.73 Å². The summed E-state index contributed by atoms with van der Waals surface area (Å²) in [6.07, 6.45) is 5.51. The highest BCUT2D eigenvalue weighted by atomic mass is 32.2. The number of aromatic nitrogens is 2. The van der Waals surface area contributed by atoms with Crippen molar-refractivity contribution in [3.05, 3.63) is 72.2 Å². The van der Waals surface area contributed by atoms with Crippen LogP contribution in [0.2, 0.25) is 0 Å². The SMILES string of the molecule is Cc1ccc(S(=O)(=O)n2ccc(C(=O)NCc3ncco3)c2)cc1. The van der Waals surface area contributed by atoms with Gasteiger partial charge >= 0.3 is 0 Å². The summed E-state index contributed by atoms with van der Waals surface area (Å²) in [6, 6.07) is 7.96. The highest BCUT2D eigenvalue weighted by molar-refractivity contribution is 7.90. The normalized spacial score (nSPS) is 11.4. The van der Waals surface area contributed by atoms with Crippen LogP contribution >= 0.6 is 0 Å². The van der Waals surface area contributed by atoms with Crippen molar-refractivity contribution < 1.29 is 17.6 Å². The summed E-state index contributed by atoms with van der Waals surface area (Å²) in [4.78, 5) is 16.1. The molecule has 8 heteroatoms. The van der Waals surface area contributed by atoms with E-state index in [4.69, 9.17) is 4.42 Å². The van der Waals surface area contributed by atoms with Crippen molar-refractivity contribution in [1.29, 1.82) is 0 Å². The highest BCUT2D eigenvalue weighted by Gasteiger charge is 2.18. The van der Waals surface area contributed by atoms with Crippen LogP contribution in [-0.2, 0) is 16.6 Å². The van der Waals surface area contributed by atoms with E-state index in [0.717, 1.165) is 9.54 Å². The summed E-state index contributed by atoms with van der Waals surface area (Å²) >= 11 is 0. The van der Waals surface area contributed by atoms with E-state index in [9.17, 15) is 13.2 Å². The van der Waals surface area contributed by atoms with Crippen LogP contribution in [0.25, 0.3) is 0 Å². The first-order valence-corrected chi connectivity index (χ1v) is 8.57. The topological polar surface area (TPSA) is 94.2 Å². The minimum Gasteiger partial charge on any atom is -0.447 e. The zero-order valence-corrected chi connectivity index (χ0v) is 13.7. The number of oxazole rings is 1. The second-order valence-electron chi connectivity index (χ2n) is 5.16. The molecule has 0 atom stereocenters. The molecule has 124 valence electrons. The van der Waals surface area contributed by atoms with Gasteiger partial charge in [0.1, 0.15) is 6.26 Å². The molecule has 0 saturated carbocycles. The smallest absolute Gasteiger partial charge is 0.267 e. The number of nitrogens with one attached hydrogen (secondary N) is 1. The summed E-state index contributed by atoms with van der Waals surface area (Å²) in [5.74, 6) is -0.0406. The molecule has 1 amide bonds. The summed E-state index contributed by atoms with van der Waals surface area (Å²) in [5.41, 5.74) is 1.20. The zero-order valence-electron chi connectivity index (χ0n) is 12.8. The molecular formula is C16H15N3O4S. The standard InChI is InChI=1S/C16H15N3O4S/c1-12-2-4-14(5-3-12)24(21,22)19-8-6-13(11-19)16(20)18-10-15-17-7-9-23-15/h2-9,11H,10H2,1H3,(H,18,20). The van der Waals surface area contributed by atoms with E-state index in [2.05, 4.69) is 10.3 Å². The Morgan fingerprint density at radius 3 is 2.67 bits per heavy atom. The summed E-state index contributed by atoms with van der Waals surface area (Å²) in [7, 11) is -3.72. The van der Waals surface area contributed by atoms with Gasteiger partial charge in [0.25, 0.3) is 15.9 Å². The Morgan fingerprint density at radius 2 is 2.00 bits per heavy atom. The number of hydrogen-bond donors (Lipinski definition) is 1. The van der Waals surface area contributed by atoms with E-state index in [0.29, 0.717) is 5.89 Å². The maximum absolute atomic E-state index is 12.5. The molecule has 0 aliphatic rings. The molecule has 2 aromatic heterocycles. The minimum atomic E-state index is -3.72. The minimum absolute atomic E-state index is 0.127. The predicted octanol–water partition coefficient (Wildman–Crippen LogP) is 1.95. The molecule has 3 rings (SSSR count). The van der Waals surface area contributed by atoms with E-state index in [1.165, 1.54) is 43.1 Å². The molecule has 0 fully saturated rings. The van der Waals surface area contributed by atoms with Gasteiger partial charge in [0.05, 0.1) is 23.2 Å². The van der Waals surface area contributed by atoms with Gasteiger partial charge in [0.15, 0.2) is 0 Å². The van der Waals surface area contributed by atoms with Gasteiger partial charge in [0.2, 0.25) is 5.89 Å². The summed E-state index contributed by atoms with van der Waals surface area (Å²) < 4.78 is 31.1. The fraction of sp³-hybridized carbons (Fsp3) is 0.125. The fourth-order valence-corrected chi connectivity index (χ4v) is 3.29. The summed E-state index contributed by atoms with van der Waals surface area (Å²) in [5, 5.41) is 2.61. The first-order chi connectivity index (χ1) is 11.5. The van der Waals surface area contributed by atoms with Gasteiger partial charge in [-0.1, -0.05) is 17.7 Å². The summed E-state index contributed by atoms with van der Waals surface area (Å²) in [6.45, 7) is 2.00. The predicted molar refractivity (Wildman–Crippen MR) is 85.9 cm³/mol. The van der Waals surface area contributed by atoms with Gasteiger partial charge in [-0.25, -0.2) is 17.4 Å². The quantitative estimate of drug-likeness (QED) is 0.763.